The van der Waals surface area contributed by atoms with Crippen molar-refractivity contribution in [3.05, 3.63) is 39.6 Å². The summed E-state index contributed by atoms with van der Waals surface area (Å²) in [6, 6.07) is 3.84. The first-order valence-corrected chi connectivity index (χ1v) is 10.9. The zero-order valence-corrected chi connectivity index (χ0v) is 18.0. The Balaban J connectivity index is 1.55. The molecule has 2 fully saturated rings. The highest BCUT2D eigenvalue weighted by Gasteiger charge is 2.25. The Bertz CT molecular complexity index is 923. The Labute approximate surface area is 185 Å². The zero-order valence-electron chi connectivity index (χ0n) is 18.0. The van der Waals surface area contributed by atoms with Crippen LogP contribution < -0.4 is 20.7 Å². The lowest BCUT2D eigenvalue weighted by molar-refractivity contribution is -0.385. The largest absolute Gasteiger partial charge is 0.491 e. The molecule has 32 heavy (non-hydrogen) atoms. The molecule has 10 nitrogen and oxygen atoms in total. The number of nitro groups is 1. The van der Waals surface area contributed by atoms with Crippen LogP contribution in [-0.4, -0.2) is 34.9 Å². The number of urea groups is 1. The minimum absolute atomic E-state index is 0.0604. The topological polar surface area (TPSA) is 140 Å². The van der Waals surface area contributed by atoms with Crippen LogP contribution in [0.3, 0.4) is 0 Å². The van der Waals surface area contributed by atoms with E-state index in [2.05, 4.69) is 10.6 Å². The van der Waals surface area contributed by atoms with Crippen molar-refractivity contribution in [2.75, 3.05) is 0 Å². The van der Waals surface area contributed by atoms with E-state index in [1.807, 2.05) is 12.2 Å². The minimum atomic E-state index is -0.683. The van der Waals surface area contributed by atoms with Gasteiger partial charge in [-0.05, 0) is 50.8 Å². The standard InChI is InChI=1S/C22H28N4O6/c1-14(6-5-9-20(27)23-16-7-3-2-4-8-16)32-17-10-11-19(26(30)31)15(12-17)13-18-21(28)25-22(29)24-18/h10-14,16H,2-9H2,1H3,(H,23,27)(H2,24,25,28,29). The molecule has 4 amide bonds. The fourth-order valence-electron chi connectivity index (χ4n) is 3.91. The highest BCUT2D eigenvalue weighted by molar-refractivity contribution is 6.14. The molecule has 1 aliphatic carbocycles. The average molecular weight is 444 g/mol. The third-order valence-corrected chi connectivity index (χ3v) is 5.54. The van der Waals surface area contributed by atoms with Crippen molar-refractivity contribution in [2.24, 2.45) is 0 Å². The molecule has 0 spiro atoms. The molecule has 1 saturated carbocycles. The van der Waals surface area contributed by atoms with Crippen molar-refractivity contribution in [2.45, 2.75) is 70.4 Å². The molecule has 172 valence electrons. The third kappa shape index (κ3) is 6.53. The number of imide groups is 1. The smallest absolute Gasteiger partial charge is 0.326 e. The van der Waals surface area contributed by atoms with Crippen LogP contribution in [0.2, 0.25) is 0 Å². The second-order valence-electron chi connectivity index (χ2n) is 8.17. The molecule has 0 bridgehead atoms. The molecule has 1 heterocycles. The van der Waals surface area contributed by atoms with Crippen molar-refractivity contribution in [3.8, 4) is 5.75 Å². The van der Waals surface area contributed by atoms with Crippen LogP contribution in [0.4, 0.5) is 10.5 Å². The highest BCUT2D eigenvalue weighted by Crippen LogP contribution is 2.27. The van der Waals surface area contributed by atoms with E-state index >= 15 is 0 Å². The van der Waals surface area contributed by atoms with Gasteiger partial charge in [0.1, 0.15) is 11.4 Å². The fourth-order valence-corrected chi connectivity index (χ4v) is 3.91. The molecule has 1 aliphatic heterocycles. The third-order valence-electron chi connectivity index (χ3n) is 5.54. The van der Waals surface area contributed by atoms with Crippen molar-refractivity contribution >= 4 is 29.6 Å². The Morgan fingerprint density at radius 3 is 2.69 bits per heavy atom. The van der Waals surface area contributed by atoms with Crippen molar-refractivity contribution in [1.29, 1.82) is 0 Å². The molecule has 1 aromatic rings. The summed E-state index contributed by atoms with van der Waals surface area (Å²) in [6.07, 6.45) is 8.44. The van der Waals surface area contributed by atoms with Crippen LogP contribution in [0.15, 0.2) is 23.9 Å². The summed E-state index contributed by atoms with van der Waals surface area (Å²) in [5.41, 5.74) is -0.156. The summed E-state index contributed by atoms with van der Waals surface area (Å²) in [5.74, 6) is -0.202. The molecule has 1 aromatic carbocycles. The molecule has 2 aliphatic rings. The highest BCUT2D eigenvalue weighted by atomic mass is 16.6. The molecule has 3 rings (SSSR count). The van der Waals surface area contributed by atoms with E-state index in [0.717, 1.165) is 12.8 Å². The number of carbonyl (C=O) groups is 3. The summed E-state index contributed by atoms with van der Waals surface area (Å²) in [7, 11) is 0. The molecular formula is C22H28N4O6. The molecule has 1 atom stereocenters. The monoisotopic (exact) mass is 444 g/mol. The predicted octanol–water partition coefficient (Wildman–Crippen LogP) is 3.16. The number of ether oxygens (including phenoxy) is 1. The summed E-state index contributed by atoms with van der Waals surface area (Å²) in [6.45, 7) is 1.86. The van der Waals surface area contributed by atoms with E-state index < -0.39 is 16.9 Å². The maximum absolute atomic E-state index is 12.1. The maximum Gasteiger partial charge on any atom is 0.326 e. The second-order valence-corrected chi connectivity index (χ2v) is 8.17. The Morgan fingerprint density at radius 2 is 2.03 bits per heavy atom. The first-order chi connectivity index (χ1) is 15.3. The molecule has 0 radical (unpaired) electrons. The summed E-state index contributed by atoms with van der Waals surface area (Å²) >= 11 is 0. The van der Waals surface area contributed by atoms with Crippen LogP contribution in [0.25, 0.3) is 6.08 Å². The fraction of sp³-hybridized carbons (Fsp3) is 0.500. The van der Waals surface area contributed by atoms with Crippen LogP contribution >= 0.6 is 0 Å². The van der Waals surface area contributed by atoms with Crippen LogP contribution in [-0.2, 0) is 9.59 Å². The van der Waals surface area contributed by atoms with E-state index in [9.17, 15) is 24.5 Å². The minimum Gasteiger partial charge on any atom is -0.491 e. The Kier molecular flexibility index (Phi) is 7.80. The first kappa shape index (κ1) is 23.2. The lowest BCUT2D eigenvalue weighted by Gasteiger charge is -2.22. The van der Waals surface area contributed by atoms with Gasteiger partial charge < -0.3 is 15.4 Å². The van der Waals surface area contributed by atoms with Gasteiger partial charge in [0, 0.05) is 18.5 Å². The van der Waals surface area contributed by atoms with Gasteiger partial charge in [0.15, 0.2) is 0 Å². The molecule has 3 N–H and O–H groups in total. The number of amides is 4. The number of carbonyl (C=O) groups excluding carboxylic acids is 3. The molecule has 1 saturated heterocycles. The molecular weight excluding hydrogens is 416 g/mol. The van der Waals surface area contributed by atoms with Crippen LogP contribution in [0.5, 0.6) is 5.75 Å². The quantitative estimate of drug-likeness (QED) is 0.231. The Hall–Kier alpha value is -3.43. The van der Waals surface area contributed by atoms with Gasteiger partial charge >= 0.3 is 6.03 Å². The van der Waals surface area contributed by atoms with Crippen molar-refractivity contribution in [1.82, 2.24) is 16.0 Å². The van der Waals surface area contributed by atoms with Gasteiger partial charge in [-0.2, -0.15) is 0 Å². The van der Waals surface area contributed by atoms with Crippen molar-refractivity contribution < 1.29 is 24.0 Å². The first-order valence-electron chi connectivity index (χ1n) is 10.9. The number of benzene rings is 1. The van der Waals surface area contributed by atoms with Gasteiger partial charge in [0.25, 0.3) is 11.6 Å². The zero-order chi connectivity index (χ0) is 23.1. The lowest BCUT2D eigenvalue weighted by atomic mass is 9.95. The summed E-state index contributed by atoms with van der Waals surface area (Å²) in [5, 5.41) is 18.8. The van der Waals surface area contributed by atoms with E-state index in [-0.39, 0.29) is 29.0 Å². The number of nitrogens with zero attached hydrogens (tertiary/aromatic N) is 1. The SMILES string of the molecule is CC(CCCC(=O)NC1CCCCC1)Oc1ccc([N+](=O)[O-])c(C=C2NC(=O)NC2=O)c1. The van der Waals surface area contributed by atoms with Gasteiger partial charge in [-0.3, -0.25) is 25.0 Å². The summed E-state index contributed by atoms with van der Waals surface area (Å²) < 4.78 is 5.86. The number of nitro benzene ring substituents is 1. The molecule has 1 unspecified atom stereocenters. The maximum atomic E-state index is 12.1. The van der Waals surface area contributed by atoms with Crippen LogP contribution in [0, 0.1) is 10.1 Å². The molecule has 0 aromatic heterocycles. The van der Waals surface area contributed by atoms with Gasteiger partial charge in [-0.15, -0.1) is 0 Å². The van der Waals surface area contributed by atoms with Gasteiger partial charge in [-0.1, -0.05) is 19.3 Å². The number of nitrogens with one attached hydrogen (secondary N) is 3. The number of hydrogen-bond donors (Lipinski definition) is 3. The predicted molar refractivity (Wildman–Crippen MR) is 117 cm³/mol. The van der Waals surface area contributed by atoms with Gasteiger partial charge in [-0.25, -0.2) is 4.79 Å². The average Bonchev–Trinajstić information content (AvgIpc) is 3.05. The van der Waals surface area contributed by atoms with E-state index in [1.54, 1.807) is 0 Å². The van der Waals surface area contributed by atoms with Gasteiger partial charge in [0.2, 0.25) is 5.91 Å². The lowest BCUT2D eigenvalue weighted by Crippen LogP contribution is -2.36. The number of rotatable bonds is 9. The number of hydrogen-bond acceptors (Lipinski definition) is 6. The van der Waals surface area contributed by atoms with Crippen molar-refractivity contribution in [3.63, 3.8) is 0 Å². The van der Waals surface area contributed by atoms with E-state index in [1.165, 1.54) is 43.5 Å². The van der Waals surface area contributed by atoms with Crippen LogP contribution in [0.1, 0.15) is 63.9 Å². The van der Waals surface area contributed by atoms with E-state index in [4.69, 9.17) is 4.74 Å². The second kappa shape index (κ2) is 10.7. The summed E-state index contributed by atoms with van der Waals surface area (Å²) in [4.78, 5) is 45.9. The van der Waals surface area contributed by atoms with E-state index in [0.29, 0.717) is 31.1 Å². The normalized spacial score (nSPS) is 18.7. The Morgan fingerprint density at radius 1 is 1.28 bits per heavy atom. The molecule has 10 heteroatoms. The van der Waals surface area contributed by atoms with Gasteiger partial charge in [0.05, 0.1) is 16.6 Å².